The van der Waals surface area contributed by atoms with Crippen molar-refractivity contribution in [3.8, 4) is 0 Å². The Morgan fingerprint density at radius 2 is 1.73 bits per heavy atom. The number of unbranched alkanes of at least 4 members (excludes halogenated alkanes) is 4. The number of allylic oxidation sites excluding steroid dienone is 1. The Bertz CT molecular complexity index is 449. The first-order chi connectivity index (χ1) is 10.6. The van der Waals surface area contributed by atoms with Crippen molar-refractivity contribution in [2.75, 3.05) is 0 Å². The Morgan fingerprint density at radius 3 is 2.36 bits per heavy atom. The van der Waals surface area contributed by atoms with Gasteiger partial charge in [-0.15, -0.1) is 0 Å². The molecular formula is C20H28F2. The van der Waals surface area contributed by atoms with Crippen molar-refractivity contribution >= 4 is 6.08 Å². The molecule has 0 bridgehead atoms. The largest absolute Gasteiger partial charge is 0.248 e. The van der Waals surface area contributed by atoms with E-state index >= 15 is 0 Å². The third kappa shape index (κ3) is 5.55. The van der Waals surface area contributed by atoms with Crippen LogP contribution in [0.2, 0.25) is 0 Å². The fourth-order valence-electron chi connectivity index (χ4n) is 3.16. The summed E-state index contributed by atoms with van der Waals surface area (Å²) >= 11 is 0. The number of hydrogen-bond acceptors (Lipinski definition) is 0. The maximum atomic E-state index is 13.2. The first-order valence-corrected chi connectivity index (χ1v) is 8.75. The zero-order chi connectivity index (χ0) is 15.8. The van der Waals surface area contributed by atoms with E-state index < -0.39 is 5.92 Å². The normalized spacial score (nSPS) is 18.9. The fraction of sp³-hybridized carbons (Fsp3) is 0.600. The van der Waals surface area contributed by atoms with Crippen LogP contribution in [0.25, 0.3) is 6.08 Å². The zero-order valence-corrected chi connectivity index (χ0v) is 13.7. The second-order valence-electron chi connectivity index (χ2n) is 6.55. The maximum absolute atomic E-state index is 13.2. The summed E-state index contributed by atoms with van der Waals surface area (Å²) in [6, 6.07) is 8.46. The fourth-order valence-corrected chi connectivity index (χ4v) is 3.16. The molecule has 1 aliphatic rings. The van der Waals surface area contributed by atoms with Crippen LogP contribution >= 0.6 is 0 Å². The van der Waals surface area contributed by atoms with Gasteiger partial charge in [0.25, 0.3) is 0 Å². The molecule has 2 rings (SSSR count). The molecule has 0 aromatic heterocycles. The van der Waals surface area contributed by atoms with Gasteiger partial charge in [-0.2, -0.15) is 0 Å². The van der Waals surface area contributed by atoms with E-state index in [2.05, 4.69) is 43.3 Å². The highest BCUT2D eigenvalue weighted by Crippen LogP contribution is 2.40. The molecule has 0 unspecified atom stereocenters. The molecule has 1 fully saturated rings. The van der Waals surface area contributed by atoms with Crippen LogP contribution in [0.15, 0.2) is 30.3 Å². The lowest BCUT2D eigenvalue weighted by Gasteiger charge is -2.28. The van der Waals surface area contributed by atoms with Crippen LogP contribution in [-0.2, 0) is 0 Å². The van der Waals surface area contributed by atoms with Crippen molar-refractivity contribution < 1.29 is 8.78 Å². The van der Waals surface area contributed by atoms with Crippen LogP contribution in [-0.4, -0.2) is 5.92 Å². The molecular weight excluding hydrogens is 278 g/mol. The lowest BCUT2D eigenvalue weighted by Crippen LogP contribution is -2.23. The molecule has 0 amide bonds. The van der Waals surface area contributed by atoms with Gasteiger partial charge in [0.2, 0.25) is 5.92 Å². The minimum atomic E-state index is -2.43. The monoisotopic (exact) mass is 306 g/mol. The van der Waals surface area contributed by atoms with Gasteiger partial charge >= 0.3 is 0 Å². The Balaban J connectivity index is 1.79. The first-order valence-electron chi connectivity index (χ1n) is 8.75. The lowest BCUT2D eigenvalue weighted by molar-refractivity contribution is -0.0382. The Labute approximate surface area is 133 Å². The summed E-state index contributed by atoms with van der Waals surface area (Å²) in [6.07, 6.45) is 12.0. The van der Waals surface area contributed by atoms with Crippen molar-refractivity contribution in [1.82, 2.24) is 0 Å². The van der Waals surface area contributed by atoms with E-state index in [1.807, 2.05) is 0 Å². The maximum Gasteiger partial charge on any atom is 0.248 e. The molecule has 2 heteroatoms. The molecule has 0 radical (unpaired) electrons. The molecule has 0 N–H and O–H groups in total. The average Bonchev–Trinajstić information content (AvgIpc) is 2.51. The molecule has 0 atom stereocenters. The molecule has 0 spiro atoms. The van der Waals surface area contributed by atoms with Gasteiger partial charge in [0.1, 0.15) is 0 Å². The van der Waals surface area contributed by atoms with Crippen LogP contribution in [0.1, 0.15) is 81.8 Å². The van der Waals surface area contributed by atoms with Crippen LogP contribution < -0.4 is 0 Å². The molecule has 0 nitrogen and oxygen atoms in total. The van der Waals surface area contributed by atoms with Gasteiger partial charge in [-0.1, -0.05) is 62.6 Å². The Kier molecular flexibility index (Phi) is 6.60. The smallest absolute Gasteiger partial charge is 0.207 e. The molecule has 1 saturated carbocycles. The highest BCUT2D eigenvalue weighted by molar-refractivity contribution is 5.49. The van der Waals surface area contributed by atoms with E-state index in [9.17, 15) is 8.78 Å². The second kappa shape index (κ2) is 8.45. The minimum absolute atomic E-state index is 0.0388. The van der Waals surface area contributed by atoms with E-state index in [0.29, 0.717) is 18.8 Å². The number of benzene rings is 1. The SMILES string of the molecule is CCCCCC/C=C/c1ccc(C2CCC(F)(F)CC2)cc1. The number of hydrogen-bond donors (Lipinski definition) is 0. The molecule has 0 saturated heterocycles. The Hall–Kier alpha value is -1.18. The van der Waals surface area contributed by atoms with Gasteiger partial charge in [-0.25, -0.2) is 8.78 Å². The first kappa shape index (κ1) is 17.2. The van der Waals surface area contributed by atoms with Crippen LogP contribution in [0, 0.1) is 0 Å². The average molecular weight is 306 g/mol. The minimum Gasteiger partial charge on any atom is -0.207 e. The van der Waals surface area contributed by atoms with Crippen molar-refractivity contribution in [3.05, 3.63) is 41.5 Å². The van der Waals surface area contributed by atoms with Gasteiger partial charge < -0.3 is 0 Å². The van der Waals surface area contributed by atoms with Crippen molar-refractivity contribution in [2.45, 2.75) is 76.6 Å². The third-order valence-corrected chi connectivity index (χ3v) is 4.66. The van der Waals surface area contributed by atoms with Crippen molar-refractivity contribution in [2.24, 2.45) is 0 Å². The predicted octanol–water partition coefficient (Wildman–Crippen LogP) is 6.96. The predicted molar refractivity (Wildman–Crippen MR) is 90.4 cm³/mol. The second-order valence-corrected chi connectivity index (χ2v) is 6.55. The zero-order valence-electron chi connectivity index (χ0n) is 13.7. The van der Waals surface area contributed by atoms with E-state index in [-0.39, 0.29) is 12.8 Å². The Morgan fingerprint density at radius 1 is 1.05 bits per heavy atom. The van der Waals surface area contributed by atoms with Crippen LogP contribution in [0.5, 0.6) is 0 Å². The van der Waals surface area contributed by atoms with E-state index in [1.165, 1.54) is 36.8 Å². The summed E-state index contributed by atoms with van der Waals surface area (Å²) in [5, 5.41) is 0. The molecule has 0 heterocycles. The van der Waals surface area contributed by atoms with Gasteiger partial charge in [0, 0.05) is 12.8 Å². The number of rotatable bonds is 7. The summed E-state index contributed by atoms with van der Waals surface area (Å²) in [5.74, 6) is -2.12. The summed E-state index contributed by atoms with van der Waals surface area (Å²) in [6.45, 7) is 2.23. The summed E-state index contributed by atoms with van der Waals surface area (Å²) < 4.78 is 26.4. The molecule has 1 aromatic rings. The molecule has 1 aromatic carbocycles. The summed E-state index contributed by atoms with van der Waals surface area (Å²) in [7, 11) is 0. The van der Waals surface area contributed by atoms with Gasteiger partial charge in [-0.3, -0.25) is 0 Å². The molecule has 0 aliphatic heterocycles. The molecule has 1 aliphatic carbocycles. The number of halogens is 2. The van der Waals surface area contributed by atoms with E-state index in [4.69, 9.17) is 0 Å². The highest BCUT2D eigenvalue weighted by Gasteiger charge is 2.35. The molecule has 122 valence electrons. The quantitative estimate of drug-likeness (QED) is 0.477. The van der Waals surface area contributed by atoms with Crippen LogP contribution in [0.4, 0.5) is 8.78 Å². The summed E-state index contributed by atoms with van der Waals surface area (Å²) in [4.78, 5) is 0. The van der Waals surface area contributed by atoms with E-state index in [1.54, 1.807) is 0 Å². The lowest BCUT2D eigenvalue weighted by atomic mass is 9.82. The third-order valence-electron chi connectivity index (χ3n) is 4.66. The van der Waals surface area contributed by atoms with Crippen molar-refractivity contribution in [1.29, 1.82) is 0 Å². The van der Waals surface area contributed by atoms with Gasteiger partial charge in [0.05, 0.1) is 0 Å². The van der Waals surface area contributed by atoms with E-state index in [0.717, 1.165) is 6.42 Å². The summed E-state index contributed by atoms with van der Waals surface area (Å²) in [5.41, 5.74) is 2.43. The highest BCUT2D eigenvalue weighted by atomic mass is 19.3. The number of alkyl halides is 2. The molecule has 22 heavy (non-hydrogen) atoms. The standard InChI is InChI=1S/C20H28F2/c1-2-3-4-5-6-7-8-17-9-11-18(12-10-17)19-13-15-20(21,22)16-14-19/h7-12,19H,2-6,13-16H2,1H3/b8-7+. The van der Waals surface area contributed by atoms with Crippen molar-refractivity contribution in [3.63, 3.8) is 0 Å². The topological polar surface area (TPSA) is 0 Å². The van der Waals surface area contributed by atoms with Gasteiger partial charge in [-0.05, 0) is 42.7 Å². The van der Waals surface area contributed by atoms with Crippen LogP contribution in [0.3, 0.4) is 0 Å². The van der Waals surface area contributed by atoms with Gasteiger partial charge in [0.15, 0.2) is 0 Å².